The first-order chi connectivity index (χ1) is 9.91. The SMILES string of the molecule is CC(C)(C)OC(=O)CCCBr.CC(C)(C)OC(=O)CCCO. The van der Waals surface area contributed by atoms with Crippen molar-refractivity contribution in [2.24, 2.45) is 0 Å². The van der Waals surface area contributed by atoms with E-state index in [1.165, 1.54) is 0 Å². The molecule has 0 unspecified atom stereocenters. The van der Waals surface area contributed by atoms with Crippen LogP contribution in [-0.4, -0.2) is 40.2 Å². The summed E-state index contributed by atoms with van der Waals surface area (Å²) >= 11 is 3.25. The van der Waals surface area contributed by atoms with Crippen LogP contribution in [0, 0.1) is 0 Å². The largest absolute Gasteiger partial charge is 0.460 e. The molecule has 0 spiro atoms. The van der Waals surface area contributed by atoms with Crippen molar-refractivity contribution >= 4 is 27.9 Å². The van der Waals surface area contributed by atoms with Crippen molar-refractivity contribution in [1.29, 1.82) is 0 Å². The zero-order valence-corrected chi connectivity index (χ0v) is 16.3. The van der Waals surface area contributed by atoms with Gasteiger partial charge in [0, 0.05) is 24.8 Å². The highest BCUT2D eigenvalue weighted by Crippen LogP contribution is 2.09. The molecule has 0 rings (SSSR count). The van der Waals surface area contributed by atoms with E-state index in [1.54, 1.807) is 0 Å². The second kappa shape index (κ2) is 11.9. The molecule has 132 valence electrons. The minimum atomic E-state index is -0.410. The van der Waals surface area contributed by atoms with Crippen LogP contribution in [0.25, 0.3) is 0 Å². The molecule has 0 fully saturated rings. The number of carbonyl (C=O) groups excluding carboxylic acids is 2. The number of aliphatic hydroxyl groups excluding tert-OH is 1. The second-order valence-corrected chi connectivity index (χ2v) is 7.59. The van der Waals surface area contributed by atoms with Crippen LogP contribution in [0.3, 0.4) is 0 Å². The first kappa shape index (κ1) is 23.6. The Balaban J connectivity index is 0. The number of hydrogen-bond acceptors (Lipinski definition) is 5. The number of hydrogen-bond donors (Lipinski definition) is 1. The Kier molecular flexibility index (Phi) is 12.8. The third kappa shape index (κ3) is 21.7. The van der Waals surface area contributed by atoms with E-state index >= 15 is 0 Å². The van der Waals surface area contributed by atoms with Crippen molar-refractivity contribution < 1.29 is 24.2 Å². The summed E-state index contributed by atoms with van der Waals surface area (Å²) in [5.41, 5.74) is -0.754. The molecule has 0 aromatic heterocycles. The van der Waals surface area contributed by atoms with Crippen LogP contribution in [0.5, 0.6) is 0 Å². The van der Waals surface area contributed by atoms with E-state index in [0.29, 0.717) is 19.3 Å². The van der Waals surface area contributed by atoms with E-state index in [1.807, 2.05) is 41.5 Å². The zero-order chi connectivity index (χ0) is 17.8. The lowest BCUT2D eigenvalue weighted by Crippen LogP contribution is -2.23. The van der Waals surface area contributed by atoms with E-state index < -0.39 is 5.60 Å². The molecule has 0 heterocycles. The number of ether oxygens (including phenoxy) is 2. The number of aliphatic hydroxyl groups is 1. The van der Waals surface area contributed by atoms with Gasteiger partial charge in [-0.05, 0) is 54.4 Å². The summed E-state index contributed by atoms with van der Waals surface area (Å²) in [6.45, 7) is 11.1. The van der Waals surface area contributed by atoms with E-state index in [4.69, 9.17) is 14.6 Å². The Morgan fingerprint density at radius 3 is 1.50 bits per heavy atom. The van der Waals surface area contributed by atoms with Crippen molar-refractivity contribution in [3.8, 4) is 0 Å². The molecule has 0 radical (unpaired) electrons. The van der Waals surface area contributed by atoms with Gasteiger partial charge >= 0.3 is 11.9 Å². The normalized spacial score (nSPS) is 11.3. The first-order valence-corrected chi connectivity index (χ1v) is 8.64. The molecular formula is C16H31BrO5. The fourth-order valence-electron chi connectivity index (χ4n) is 1.22. The molecule has 0 aliphatic rings. The third-order valence-electron chi connectivity index (χ3n) is 1.89. The first-order valence-electron chi connectivity index (χ1n) is 7.52. The predicted octanol–water partition coefficient (Wildman–Crippen LogP) is 3.60. The van der Waals surface area contributed by atoms with Crippen LogP contribution >= 0.6 is 15.9 Å². The van der Waals surface area contributed by atoms with Gasteiger partial charge in [0.15, 0.2) is 0 Å². The van der Waals surface area contributed by atoms with Gasteiger partial charge in [-0.15, -0.1) is 0 Å². The summed E-state index contributed by atoms with van der Waals surface area (Å²) in [6.07, 6.45) is 2.13. The molecule has 0 aromatic rings. The van der Waals surface area contributed by atoms with E-state index in [9.17, 15) is 9.59 Å². The summed E-state index contributed by atoms with van der Waals surface area (Å²) in [7, 11) is 0. The van der Waals surface area contributed by atoms with E-state index in [2.05, 4.69) is 15.9 Å². The van der Waals surface area contributed by atoms with Gasteiger partial charge in [-0.2, -0.15) is 0 Å². The van der Waals surface area contributed by atoms with Crippen molar-refractivity contribution in [1.82, 2.24) is 0 Å². The standard InChI is InChI=1S/C8H15BrO2.C8H16O3/c2*1-8(2,3)11-7(10)5-4-6-9/h4-6H2,1-3H3;9H,4-6H2,1-3H3. The van der Waals surface area contributed by atoms with Crippen LogP contribution in [0.15, 0.2) is 0 Å². The molecule has 0 amide bonds. The van der Waals surface area contributed by atoms with E-state index in [-0.39, 0.29) is 24.1 Å². The molecule has 0 atom stereocenters. The summed E-state index contributed by atoms with van der Waals surface area (Å²) in [6, 6.07) is 0. The minimum Gasteiger partial charge on any atom is -0.460 e. The fraction of sp³-hybridized carbons (Fsp3) is 0.875. The van der Waals surface area contributed by atoms with Crippen LogP contribution in [-0.2, 0) is 19.1 Å². The molecule has 0 aliphatic heterocycles. The van der Waals surface area contributed by atoms with Gasteiger partial charge < -0.3 is 14.6 Å². The summed E-state index contributed by atoms with van der Waals surface area (Å²) in [5, 5.41) is 9.26. The molecule has 0 saturated carbocycles. The lowest BCUT2D eigenvalue weighted by molar-refractivity contribution is -0.156. The van der Waals surface area contributed by atoms with Crippen molar-refractivity contribution in [3.05, 3.63) is 0 Å². The van der Waals surface area contributed by atoms with Gasteiger partial charge in [0.25, 0.3) is 0 Å². The Bertz CT molecular complexity index is 283. The summed E-state index contributed by atoms with van der Waals surface area (Å²) in [5.74, 6) is -0.358. The van der Waals surface area contributed by atoms with Crippen molar-refractivity contribution in [3.63, 3.8) is 0 Å². The monoisotopic (exact) mass is 382 g/mol. The molecule has 0 aromatic carbocycles. The van der Waals surface area contributed by atoms with Gasteiger partial charge in [-0.3, -0.25) is 9.59 Å². The Morgan fingerprint density at radius 2 is 1.23 bits per heavy atom. The van der Waals surface area contributed by atoms with Gasteiger partial charge in [0.2, 0.25) is 0 Å². The third-order valence-corrected chi connectivity index (χ3v) is 2.45. The average Bonchev–Trinajstić information content (AvgIpc) is 2.30. The molecule has 6 heteroatoms. The number of carbonyl (C=O) groups is 2. The summed E-state index contributed by atoms with van der Waals surface area (Å²) < 4.78 is 10.1. The summed E-state index contributed by atoms with van der Waals surface area (Å²) in [4.78, 5) is 21.9. The lowest BCUT2D eigenvalue weighted by Gasteiger charge is -2.19. The Labute approximate surface area is 142 Å². The van der Waals surface area contributed by atoms with Crippen molar-refractivity contribution in [2.45, 2.75) is 78.4 Å². The Hall–Kier alpha value is -0.620. The number of esters is 2. The van der Waals surface area contributed by atoms with Crippen molar-refractivity contribution in [2.75, 3.05) is 11.9 Å². The molecule has 0 bridgehead atoms. The molecule has 5 nitrogen and oxygen atoms in total. The number of alkyl halides is 1. The molecule has 1 N–H and O–H groups in total. The van der Waals surface area contributed by atoms with Crippen LogP contribution in [0.4, 0.5) is 0 Å². The van der Waals surface area contributed by atoms with Gasteiger partial charge in [-0.25, -0.2) is 0 Å². The van der Waals surface area contributed by atoms with Gasteiger partial charge in [-0.1, -0.05) is 15.9 Å². The maximum absolute atomic E-state index is 11.0. The lowest BCUT2D eigenvalue weighted by atomic mass is 10.2. The molecule has 0 aliphatic carbocycles. The maximum Gasteiger partial charge on any atom is 0.306 e. The number of rotatable bonds is 6. The quantitative estimate of drug-likeness (QED) is 0.560. The molecule has 0 saturated heterocycles. The minimum absolute atomic E-state index is 0.0409. The highest BCUT2D eigenvalue weighted by Gasteiger charge is 2.15. The predicted molar refractivity (Wildman–Crippen MR) is 91.0 cm³/mol. The smallest absolute Gasteiger partial charge is 0.306 e. The average molecular weight is 383 g/mol. The van der Waals surface area contributed by atoms with Gasteiger partial charge in [0.1, 0.15) is 11.2 Å². The molecule has 22 heavy (non-hydrogen) atoms. The second-order valence-electron chi connectivity index (χ2n) is 6.79. The molecular weight excluding hydrogens is 352 g/mol. The topological polar surface area (TPSA) is 72.8 Å². The van der Waals surface area contributed by atoms with Gasteiger partial charge in [0.05, 0.1) is 0 Å². The van der Waals surface area contributed by atoms with Crippen LogP contribution in [0.1, 0.15) is 67.2 Å². The maximum atomic E-state index is 11.0. The highest BCUT2D eigenvalue weighted by atomic mass is 79.9. The van der Waals surface area contributed by atoms with E-state index in [0.717, 1.165) is 11.8 Å². The fourth-order valence-corrected chi connectivity index (χ4v) is 1.50. The highest BCUT2D eigenvalue weighted by molar-refractivity contribution is 9.09. The number of halogens is 1. The van der Waals surface area contributed by atoms with Crippen LogP contribution in [0.2, 0.25) is 0 Å². The zero-order valence-electron chi connectivity index (χ0n) is 14.7. The van der Waals surface area contributed by atoms with Crippen LogP contribution < -0.4 is 0 Å². The Morgan fingerprint density at radius 1 is 0.864 bits per heavy atom.